The summed E-state index contributed by atoms with van der Waals surface area (Å²) in [5.74, 6) is 1.04. The van der Waals surface area contributed by atoms with Crippen molar-refractivity contribution in [1.29, 1.82) is 0 Å². The number of aryl methyl sites for hydroxylation is 1. The van der Waals surface area contributed by atoms with Crippen molar-refractivity contribution in [2.24, 2.45) is 0 Å². The Balaban J connectivity index is 1.51. The minimum absolute atomic E-state index is 0.109. The number of aromatic nitrogens is 1. The van der Waals surface area contributed by atoms with Gasteiger partial charge in [0, 0.05) is 40.0 Å². The molecule has 0 saturated carbocycles. The van der Waals surface area contributed by atoms with Crippen molar-refractivity contribution in [2.45, 2.75) is 19.4 Å². The standard InChI is InChI=1S/C19H15Cl3N2O2/c20-14-4-1-12(2-5-14)17-11-24-19(26-17)8-7-18(25)23-10-13-3-6-15(21)9-16(13)22/h1-6,9,11H,7-8,10H2,(H,23,25). The lowest BCUT2D eigenvalue weighted by molar-refractivity contribution is -0.121. The second kappa shape index (κ2) is 8.58. The molecular formula is C19H15Cl3N2O2. The summed E-state index contributed by atoms with van der Waals surface area (Å²) in [6.45, 7) is 0.344. The van der Waals surface area contributed by atoms with Crippen LogP contribution in [0, 0.1) is 0 Å². The largest absolute Gasteiger partial charge is 0.441 e. The molecule has 0 aliphatic heterocycles. The first-order chi connectivity index (χ1) is 12.5. The Morgan fingerprint density at radius 2 is 1.77 bits per heavy atom. The molecule has 1 heterocycles. The summed E-state index contributed by atoms with van der Waals surface area (Å²) in [4.78, 5) is 16.2. The number of rotatable bonds is 6. The summed E-state index contributed by atoms with van der Waals surface area (Å²) in [5.41, 5.74) is 1.69. The number of carbonyl (C=O) groups is 1. The fourth-order valence-electron chi connectivity index (χ4n) is 2.34. The number of carbonyl (C=O) groups excluding carboxylic acids is 1. The van der Waals surface area contributed by atoms with Gasteiger partial charge in [0.05, 0.1) is 6.20 Å². The van der Waals surface area contributed by atoms with Gasteiger partial charge in [-0.3, -0.25) is 4.79 Å². The Labute approximate surface area is 166 Å². The fourth-order valence-corrected chi connectivity index (χ4v) is 2.94. The molecule has 7 heteroatoms. The summed E-state index contributed by atoms with van der Waals surface area (Å²) in [7, 11) is 0. The number of nitrogens with zero attached hydrogens (tertiary/aromatic N) is 1. The molecule has 0 aliphatic rings. The highest BCUT2D eigenvalue weighted by Gasteiger charge is 2.10. The highest BCUT2D eigenvalue weighted by Crippen LogP contribution is 2.23. The number of amides is 1. The van der Waals surface area contributed by atoms with Crippen LogP contribution in [0.25, 0.3) is 11.3 Å². The van der Waals surface area contributed by atoms with Crippen molar-refractivity contribution in [2.75, 3.05) is 0 Å². The molecule has 134 valence electrons. The quantitative estimate of drug-likeness (QED) is 0.580. The lowest BCUT2D eigenvalue weighted by atomic mass is 10.2. The molecule has 0 unspecified atom stereocenters. The monoisotopic (exact) mass is 408 g/mol. The molecule has 0 bridgehead atoms. The number of hydrogen-bond donors (Lipinski definition) is 1. The molecule has 1 amide bonds. The average molecular weight is 410 g/mol. The highest BCUT2D eigenvalue weighted by molar-refractivity contribution is 6.35. The summed E-state index contributed by atoms with van der Waals surface area (Å²) < 4.78 is 5.69. The third kappa shape index (κ3) is 5.01. The van der Waals surface area contributed by atoms with E-state index in [9.17, 15) is 4.79 Å². The van der Waals surface area contributed by atoms with Crippen LogP contribution in [-0.4, -0.2) is 10.9 Å². The molecule has 2 aromatic carbocycles. The number of benzene rings is 2. The van der Waals surface area contributed by atoms with Crippen LogP contribution in [-0.2, 0) is 17.8 Å². The van der Waals surface area contributed by atoms with E-state index in [0.29, 0.717) is 39.7 Å². The van der Waals surface area contributed by atoms with E-state index in [1.807, 2.05) is 12.1 Å². The zero-order valence-corrected chi connectivity index (χ0v) is 15.9. The maximum Gasteiger partial charge on any atom is 0.220 e. The third-order valence-electron chi connectivity index (χ3n) is 3.74. The first kappa shape index (κ1) is 18.8. The molecule has 0 atom stereocenters. The summed E-state index contributed by atoms with van der Waals surface area (Å²) in [6.07, 6.45) is 2.32. The van der Waals surface area contributed by atoms with Gasteiger partial charge < -0.3 is 9.73 Å². The Bertz CT molecular complexity index is 907. The smallest absolute Gasteiger partial charge is 0.220 e. The Morgan fingerprint density at radius 3 is 2.50 bits per heavy atom. The maximum atomic E-state index is 12.0. The van der Waals surface area contributed by atoms with E-state index in [0.717, 1.165) is 11.1 Å². The van der Waals surface area contributed by atoms with Gasteiger partial charge in [-0.15, -0.1) is 0 Å². The minimum atomic E-state index is -0.109. The summed E-state index contributed by atoms with van der Waals surface area (Å²) >= 11 is 17.8. The van der Waals surface area contributed by atoms with Crippen LogP contribution >= 0.6 is 34.8 Å². The van der Waals surface area contributed by atoms with Crippen LogP contribution in [0.1, 0.15) is 17.9 Å². The molecule has 0 saturated heterocycles. The zero-order chi connectivity index (χ0) is 18.5. The van der Waals surface area contributed by atoms with Gasteiger partial charge in [0.15, 0.2) is 11.7 Å². The number of oxazole rings is 1. The van der Waals surface area contributed by atoms with Crippen molar-refractivity contribution >= 4 is 40.7 Å². The first-order valence-corrected chi connectivity index (χ1v) is 9.06. The fraction of sp³-hybridized carbons (Fsp3) is 0.158. The van der Waals surface area contributed by atoms with Gasteiger partial charge in [-0.1, -0.05) is 40.9 Å². The predicted molar refractivity (Wildman–Crippen MR) is 104 cm³/mol. The maximum absolute atomic E-state index is 12.0. The Kier molecular flexibility index (Phi) is 6.20. The van der Waals surface area contributed by atoms with Crippen molar-refractivity contribution in [3.05, 3.63) is 75.2 Å². The highest BCUT2D eigenvalue weighted by atomic mass is 35.5. The Hall–Kier alpha value is -2.01. The normalized spacial score (nSPS) is 10.7. The minimum Gasteiger partial charge on any atom is -0.441 e. The van der Waals surface area contributed by atoms with Crippen molar-refractivity contribution < 1.29 is 9.21 Å². The predicted octanol–water partition coefficient (Wildman–Crippen LogP) is 5.55. The third-order valence-corrected chi connectivity index (χ3v) is 4.58. The number of halogens is 3. The SMILES string of the molecule is O=C(CCc1ncc(-c2ccc(Cl)cc2)o1)NCc1ccc(Cl)cc1Cl. The number of hydrogen-bond acceptors (Lipinski definition) is 3. The molecule has 0 fully saturated rings. The van der Waals surface area contributed by atoms with Gasteiger partial charge in [-0.2, -0.15) is 0 Å². The summed E-state index contributed by atoms with van der Waals surface area (Å²) in [5, 5.41) is 4.57. The second-order valence-electron chi connectivity index (χ2n) is 5.64. The molecule has 0 aliphatic carbocycles. The van der Waals surface area contributed by atoms with E-state index in [2.05, 4.69) is 10.3 Å². The molecule has 0 spiro atoms. The zero-order valence-electron chi connectivity index (χ0n) is 13.6. The van der Waals surface area contributed by atoms with Crippen molar-refractivity contribution in [3.63, 3.8) is 0 Å². The van der Waals surface area contributed by atoms with E-state index in [1.165, 1.54) is 0 Å². The van der Waals surface area contributed by atoms with Crippen molar-refractivity contribution in [1.82, 2.24) is 10.3 Å². The molecule has 3 rings (SSSR count). The lowest BCUT2D eigenvalue weighted by Crippen LogP contribution is -2.23. The molecule has 26 heavy (non-hydrogen) atoms. The van der Waals surface area contributed by atoms with Gasteiger partial charge in [-0.25, -0.2) is 4.98 Å². The molecular weight excluding hydrogens is 395 g/mol. The van der Waals surface area contributed by atoms with Crippen LogP contribution in [0.15, 0.2) is 53.1 Å². The Morgan fingerprint density at radius 1 is 1.04 bits per heavy atom. The molecule has 0 radical (unpaired) electrons. The lowest BCUT2D eigenvalue weighted by Gasteiger charge is -2.06. The van der Waals surface area contributed by atoms with Crippen LogP contribution in [0.3, 0.4) is 0 Å². The molecule has 1 N–H and O–H groups in total. The summed E-state index contributed by atoms with van der Waals surface area (Å²) in [6, 6.07) is 12.5. The topological polar surface area (TPSA) is 55.1 Å². The van der Waals surface area contributed by atoms with Gasteiger partial charge in [0.25, 0.3) is 0 Å². The van der Waals surface area contributed by atoms with E-state index in [1.54, 1.807) is 36.5 Å². The average Bonchev–Trinajstić information content (AvgIpc) is 3.09. The van der Waals surface area contributed by atoms with E-state index >= 15 is 0 Å². The first-order valence-electron chi connectivity index (χ1n) is 7.92. The second-order valence-corrected chi connectivity index (χ2v) is 6.92. The van der Waals surface area contributed by atoms with Crippen molar-refractivity contribution in [3.8, 4) is 11.3 Å². The molecule has 3 aromatic rings. The van der Waals surface area contributed by atoms with Gasteiger partial charge in [0.1, 0.15) is 0 Å². The van der Waals surface area contributed by atoms with E-state index in [4.69, 9.17) is 39.2 Å². The number of nitrogens with one attached hydrogen (secondary N) is 1. The van der Waals surface area contributed by atoms with Gasteiger partial charge in [-0.05, 0) is 42.0 Å². The molecule has 4 nitrogen and oxygen atoms in total. The van der Waals surface area contributed by atoms with Crippen LogP contribution < -0.4 is 5.32 Å². The van der Waals surface area contributed by atoms with E-state index in [-0.39, 0.29) is 12.3 Å². The van der Waals surface area contributed by atoms with E-state index < -0.39 is 0 Å². The van der Waals surface area contributed by atoms with Gasteiger partial charge in [0.2, 0.25) is 5.91 Å². The van der Waals surface area contributed by atoms with Crippen LogP contribution in [0.5, 0.6) is 0 Å². The van der Waals surface area contributed by atoms with Gasteiger partial charge >= 0.3 is 0 Å². The van der Waals surface area contributed by atoms with Crippen LogP contribution in [0.4, 0.5) is 0 Å². The molecule has 1 aromatic heterocycles. The van der Waals surface area contributed by atoms with Crippen LogP contribution in [0.2, 0.25) is 15.1 Å².